The molecule has 4 aliphatic carbocycles. The molecule has 94 valence electrons. The zero-order chi connectivity index (χ0) is 11.4. The molecule has 1 heterocycles. The molecule has 0 aromatic heterocycles. The average molecular weight is 233 g/mol. The summed E-state index contributed by atoms with van der Waals surface area (Å²) in [5.41, 5.74) is 0. The van der Waals surface area contributed by atoms with Gasteiger partial charge in [0.15, 0.2) is 0 Å². The van der Waals surface area contributed by atoms with Crippen LogP contribution in [0.1, 0.15) is 38.5 Å². The van der Waals surface area contributed by atoms with Crippen molar-refractivity contribution in [3.05, 3.63) is 0 Å². The monoisotopic (exact) mass is 233 g/mol. The third kappa shape index (κ3) is 1.60. The van der Waals surface area contributed by atoms with Gasteiger partial charge in [0.05, 0.1) is 6.54 Å². The summed E-state index contributed by atoms with van der Waals surface area (Å²) >= 11 is 0. The number of hydrogen-bond donors (Lipinski definition) is 1. The first-order chi connectivity index (χ1) is 8.31. The van der Waals surface area contributed by atoms with E-state index in [2.05, 4.69) is 5.32 Å². The van der Waals surface area contributed by atoms with E-state index in [-0.39, 0.29) is 0 Å². The molecule has 5 fully saturated rings. The van der Waals surface area contributed by atoms with Crippen molar-refractivity contribution in [2.75, 3.05) is 13.1 Å². The molecule has 5 rings (SSSR count). The van der Waals surface area contributed by atoms with E-state index in [9.17, 15) is 4.79 Å². The first kappa shape index (κ1) is 10.5. The SMILES string of the molecule is O=C1CNCCC1C1C2CC3CC(C2)CC1C3. The predicted molar refractivity (Wildman–Crippen MR) is 66.5 cm³/mol. The highest BCUT2D eigenvalue weighted by molar-refractivity contribution is 5.84. The van der Waals surface area contributed by atoms with Gasteiger partial charge in [-0.3, -0.25) is 4.79 Å². The molecule has 0 aromatic rings. The summed E-state index contributed by atoms with van der Waals surface area (Å²) in [5.74, 6) is 5.62. The molecule has 4 saturated carbocycles. The molecule has 2 heteroatoms. The second kappa shape index (κ2) is 3.81. The summed E-state index contributed by atoms with van der Waals surface area (Å²) < 4.78 is 0. The van der Waals surface area contributed by atoms with Crippen molar-refractivity contribution >= 4 is 5.78 Å². The maximum absolute atomic E-state index is 12.2. The minimum Gasteiger partial charge on any atom is -0.310 e. The molecule has 17 heavy (non-hydrogen) atoms. The number of carbonyl (C=O) groups excluding carboxylic acids is 1. The molecule has 0 radical (unpaired) electrons. The standard InChI is InChI=1S/C15H23NO/c17-14-8-16-2-1-13(14)15-11-4-9-3-10(6-11)7-12(15)5-9/h9-13,15-16H,1-8H2. The zero-order valence-electron chi connectivity index (χ0n) is 10.5. The van der Waals surface area contributed by atoms with Crippen LogP contribution in [0.2, 0.25) is 0 Å². The van der Waals surface area contributed by atoms with Gasteiger partial charge >= 0.3 is 0 Å². The van der Waals surface area contributed by atoms with Crippen LogP contribution in [0.4, 0.5) is 0 Å². The minimum atomic E-state index is 0.422. The highest BCUT2D eigenvalue weighted by Gasteiger charge is 2.51. The third-order valence-electron chi connectivity index (χ3n) is 6.11. The fraction of sp³-hybridized carbons (Fsp3) is 0.933. The van der Waals surface area contributed by atoms with E-state index in [4.69, 9.17) is 0 Å². The van der Waals surface area contributed by atoms with Gasteiger partial charge in [0.2, 0.25) is 0 Å². The predicted octanol–water partition coefficient (Wildman–Crippen LogP) is 2.24. The van der Waals surface area contributed by atoms with Gasteiger partial charge in [0, 0.05) is 5.92 Å². The molecule has 1 unspecified atom stereocenters. The molecule has 0 aromatic carbocycles. The Bertz CT molecular complexity index is 310. The third-order valence-corrected chi connectivity index (χ3v) is 6.11. The van der Waals surface area contributed by atoms with Crippen LogP contribution in [0.3, 0.4) is 0 Å². The molecule has 1 N–H and O–H groups in total. The van der Waals surface area contributed by atoms with Crippen molar-refractivity contribution in [2.24, 2.45) is 35.5 Å². The Hall–Kier alpha value is -0.370. The Morgan fingerprint density at radius 3 is 2.18 bits per heavy atom. The highest BCUT2D eigenvalue weighted by atomic mass is 16.1. The summed E-state index contributed by atoms with van der Waals surface area (Å²) in [4.78, 5) is 12.2. The van der Waals surface area contributed by atoms with Crippen molar-refractivity contribution in [3.63, 3.8) is 0 Å². The van der Waals surface area contributed by atoms with Crippen molar-refractivity contribution in [1.29, 1.82) is 0 Å². The maximum atomic E-state index is 12.2. The van der Waals surface area contributed by atoms with Crippen molar-refractivity contribution in [2.45, 2.75) is 38.5 Å². The summed E-state index contributed by atoms with van der Waals surface area (Å²) in [5, 5.41) is 3.24. The summed E-state index contributed by atoms with van der Waals surface area (Å²) in [6.07, 6.45) is 8.44. The van der Waals surface area contributed by atoms with E-state index in [0.29, 0.717) is 18.2 Å². The second-order valence-corrected chi connectivity index (χ2v) is 7.05. The zero-order valence-corrected chi connectivity index (χ0v) is 10.5. The van der Waals surface area contributed by atoms with Crippen molar-refractivity contribution in [3.8, 4) is 0 Å². The topological polar surface area (TPSA) is 29.1 Å². The van der Waals surface area contributed by atoms with Crippen molar-refractivity contribution in [1.82, 2.24) is 5.32 Å². The van der Waals surface area contributed by atoms with Crippen LogP contribution in [0.5, 0.6) is 0 Å². The maximum Gasteiger partial charge on any atom is 0.150 e. The molecule has 0 amide bonds. The largest absolute Gasteiger partial charge is 0.310 e. The molecular formula is C15H23NO. The molecule has 1 saturated heterocycles. The molecule has 2 nitrogen and oxygen atoms in total. The second-order valence-electron chi connectivity index (χ2n) is 7.05. The fourth-order valence-electron chi connectivity index (χ4n) is 5.79. The van der Waals surface area contributed by atoms with E-state index in [1.165, 1.54) is 32.1 Å². The molecule has 0 spiro atoms. The Morgan fingerprint density at radius 1 is 0.941 bits per heavy atom. The number of Topliss-reactive ketones (excluding diaryl/α,β-unsaturated/α-hetero) is 1. The number of hydrogen-bond acceptors (Lipinski definition) is 2. The van der Waals surface area contributed by atoms with Gasteiger partial charge in [0.1, 0.15) is 5.78 Å². The minimum absolute atomic E-state index is 0.422. The van der Waals surface area contributed by atoms with Gasteiger partial charge in [-0.05, 0) is 74.7 Å². The number of ketones is 1. The molecular weight excluding hydrogens is 210 g/mol. The van der Waals surface area contributed by atoms with Gasteiger partial charge in [-0.25, -0.2) is 0 Å². The highest BCUT2D eigenvalue weighted by Crippen LogP contribution is 2.58. The fourth-order valence-corrected chi connectivity index (χ4v) is 5.79. The first-order valence-electron chi connectivity index (χ1n) is 7.54. The Morgan fingerprint density at radius 2 is 1.59 bits per heavy atom. The Balaban J connectivity index is 1.59. The smallest absolute Gasteiger partial charge is 0.150 e. The molecule has 1 atom stereocenters. The van der Waals surface area contributed by atoms with E-state index >= 15 is 0 Å². The van der Waals surface area contributed by atoms with Crippen LogP contribution in [0.25, 0.3) is 0 Å². The van der Waals surface area contributed by atoms with Gasteiger partial charge < -0.3 is 5.32 Å². The van der Waals surface area contributed by atoms with Crippen LogP contribution in [-0.4, -0.2) is 18.9 Å². The number of carbonyl (C=O) groups is 1. The van der Waals surface area contributed by atoms with Gasteiger partial charge in [0.25, 0.3) is 0 Å². The van der Waals surface area contributed by atoms with E-state index in [0.717, 1.165) is 42.6 Å². The average Bonchev–Trinajstić information content (AvgIpc) is 2.30. The van der Waals surface area contributed by atoms with E-state index in [1.54, 1.807) is 0 Å². The van der Waals surface area contributed by atoms with Crippen LogP contribution >= 0.6 is 0 Å². The van der Waals surface area contributed by atoms with Crippen LogP contribution in [0, 0.1) is 35.5 Å². The quantitative estimate of drug-likeness (QED) is 0.752. The lowest BCUT2D eigenvalue weighted by Crippen LogP contribution is -2.52. The Kier molecular flexibility index (Phi) is 2.36. The lowest BCUT2D eigenvalue weighted by molar-refractivity contribution is -0.133. The first-order valence-corrected chi connectivity index (χ1v) is 7.54. The summed E-state index contributed by atoms with van der Waals surface area (Å²) in [6, 6.07) is 0. The summed E-state index contributed by atoms with van der Waals surface area (Å²) in [6.45, 7) is 1.71. The lowest BCUT2D eigenvalue weighted by atomic mass is 9.49. The number of rotatable bonds is 1. The van der Waals surface area contributed by atoms with Crippen LogP contribution in [-0.2, 0) is 4.79 Å². The molecule has 5 aliphatic rings. The van der Waals surface area contributed by atoms with E-state index < -0.39 is 0 Å². The van der Waals surface area contributed by atoms with Crippen molar-refractivity contribution < 1.29 is 4.79 Å². The van der Waals surface area contributed by atoms with Gasteiger partial charge in [-0.1, -0.05) is 0 Å². The van der Waals surface area contributed by atoms with E-state index in [1.807, 2.05) is 0 Å². The van der Waals surface area contributed by atoms with Crippen LogP contribution in [0.15, 0.2) is 0 Å². The lowest BCUT2D eigenvalue weighted by Gasteiger charge is -2.56. The summed E-state index contributed by atoms with van der Waals surface area (Å²) in [7, 11) is 0. The van der Waals surface area contributed by atoms with Crippen LogP contribution < -0.4 is 5.32 Å². The Labute approximate surface area is 104 Å². The van der Waals surface area contributed by atoms with Gasteiger partial charge in [-0.15, -0.1) is 0 Å². The number of nitrogens with one attached hydrogen (secondary N) is 1. The molecule has 1 aliphatic heterocycles. The van der Waals surface area contributed by atoms with Gasteiger partial charge in [-0.2, -0.15) is 0 Å². The molecule has 4 bridgehead atoms. The normalized spacial score (nSPS) is 53.1. The number of piperidine rings is 1.